The maximum Gasteiger partial charge on any atom is 0.145 e. The number of halogens is 1. The number of aromatic nitrogens is 3. The highest BCUT2D eigenvalue weighted by molar-refractivity contribution is 6.33. The van der Waals surface area contributed by atoms with Crippen LogP contribution in [0.1, 0.15) is 31.1 Å². The van der Waals surface area contributed by atoms with E-state index in [1.165, 1.54) is 6.21 Å². The van der Waals surface area contributed by atoms with E-state index in [-0.39, 0.29) is 0 Å². The standard InChI is InChI=1S/C15H18ClN5/c1-9-19-14(16)13-4-5-21(15(13)20-9)12-3-2-10(6-12)11(7-17)8-18/h4-5,7-8,10,12,17H,2-3,6,18H2,1H3/b11-8+,17-7?. The Morgan fingerprint density at radius 3 is 3.00 bits per heavy atom. The van der Waals surface area contributed by atoms with E-state index in [9.17, 15) is 0 Å². The predicted molar refractivity (Wildman–Crippen MR) is 84.7 cm³/mol. The molecule has 21 heavy (non-hydrogen) atoms. The van der Waals surface area contributed by atoms with Crippen LogP contribution in [0.3, 0.4) is 0 Å². The molecule has 3 rings (SSSR count). The minimum atomic E-state index is 0.355. The first kappa shape index (κ1) is 14.1. The zero-order valence-corrected chi connectivity index (χ0v) is 12.6. The van der Waals surface area contributed by atoms with E-state index in [2.05, 4.69) is 14.5 Å². The van der Waals surface area contributed by atoms with Gasteiger partial charge < -0.3 is 15.7 Å². The predicted octanol–water partition coefficient (Wildman–Crippen LogP) is 3.23. The number of fused-ring (bicyclic) bond motifs is 1. The Morgan fingerprint density at radius 1 is 1.48 bits per heavy atom. The van der Waals surface area contributed by atoms with Gasteiger partial charge in [0.2, 0.25) is 0 Å². The van der Waals surface area contributed by atoms with Crippen LogP contribution in [0, 0.1) is 18.3 Å². The second kappa shape index (κ2) is 5.48. The lowest BCUT2D eigenvalue weighted by atomic mass is 9.99. The minimum absolute atomic E-state index is 0.355. The van der Waals surface area contributed by atoms with Crippen molar-refractivity contribution < 1.29 is 0 Å². The van der Waals surface area contributed by atoms with Crippen LogP contribution in [0.5, 0.6) is 0 Å². The SMILES string of the molecule is Cc1nc(Cl)c2ccn(C3CCC(/C(C=N)=C/N)C3)c2n1. The van der Waals surface area contributed by atoms with Gasteiger partial charge in [0.05, 0.1) is 5.39 Å². The Labute approximate surface area is 128 Å². The van der Waals surface area contributed by atoms with Crippen LogP contribution < -0.4 is 5.73 Å². The van der Waals surface area contributed by atoms with Crippen molar-refractivity contribution >= 4 is 28.8 Å². The Morgan fingerprint density at radius 2 is 2.29 bits per heavy atom. The summed E-state index contributed by atoms with van der Waals surface area (Å²) >= 11 is 6.19. The number of nitrogens with two attached hydrogens (primary N) is 1. The number of allylic oxidation sites excluding steroid dienone is 1. The number of nitrogens with zero attached hydrogens (tertiary/aromatic N) is 3. The third kappa shape index (κ3) is 2.42. The van der Waals surface area contributed by atoms with Gasteiger partial charge >= 0.3 is 0 Å². The average Bonchev–Trinajstić information content (AvgIpc) is 3.06. The fourth-order valence-corrected chi connectivity index (χ4v) is 3.48. The van der Waals surface area contributed by atoms with Crippen molar-refractivity contribution in [2.45, 2.75) is 32.2 Å². The molecule has 5 nitrogen and oxygen atoms in total. The molecule has 2 aromatic heterocycles. The molecule has 2 heterocycles. The third-order valence-corrected chi connectivity index (χ3v) is 4.55. The molecular formula is C15H18ClN5. The summed E-state index contributed by atoms with van der Waals surface area (Å²) in [5, 5.41) is 8.84. The van der Waals surface area contributed by atoms with Crippen molar-refractivity contribution in [1.82, 2.24) is 14.5 Å². The molecule has 0 amide bonds. The van der Waals surface area contributed by atoms with E-state index in [0.717, 1.165) is 35.9 Å². The summed E-state index contributed by atoms with van der Waals surface area (Å²) in [6, 6.07) is 2.34. The van der Waals surface area contributed by atoms with Crippen molar-refractivity contribution in [1.29, 1.82) is 5.41 Å². The van der Waals surface area contributed by atoms with Gasteiger partial charge in [-0.2, -0.15) is 0 Å². The summed E-state index contributed by atoms with van der Waals surface area (Å²) in [5.41, 5.74) is 7.41. The molecular weight excluding hydrogens is 286 g/mol. The molecule has 2 atom stereocenters. The van der Waals surface area contributed by atoms with Crippen LogP contribution in [-0.2, 0) is 0 Å². The molecule has 0 aromatic carbocycles. The highest BCUT2D eigenvalue weighted by Crippen LogP contribution is 2.39. The second-order valence-corrected chi connectivity index (χ2v) is 5.85. The number of hydrogen-bond donors (Lipinski definition) is 2. The van der Waals surface area contributed by atoms with E-state index in [0.29, 0.717) is 22.9 Å². The van der Waals surface area contributed by atoms with Gasteiger partial charge in [-0.3, -0.25) is 0 Å². The van der Waals surface area contributed by atoms with E-state index in [4.69, 9.17) is 22.7 Å². The van der Waals surface area contributed by atoms with Gasteiger partial charge in [-0.15, -0.1) is 0 Å². The summed E-state index contributed by atoms with van der Waals surface area (Å²) in [6.07, 6.45) is 8.03. The van der Waals surface area contributed by atoms with Gasteiger partial charge in [0.25, 0.3) is 0 Å². The number of hydrogen-bond acceptors (Lipinski definition) is 4. The molecule has 0 aliphatic heterocycles. The normalized spacial score (nSPS) is 22.9. The molecule has 2 aromatic rings. The van der Waals surface area contributed by atoms with Crippen LogP contribution >= 0.6 is 11.6 Å². The van der Waals surface area contributed by atoms with Crippen molar-refractivity contribution in [3.05, 3.63) is 35.0 Å². The fraction of sp³-hybridized carbons (Fsp3) is 0.400. The number of aryl methyl sites for hydroxylation is 1. The molecule has 6 heteroatoms. The quantitative estimate of drug-likeness (QED) is 0.675. The van der Waals surface area contributed by atoms with Gasteiger partial charge in [0.15, 0.2) is 0 Å². The monoisotopic (exact) mass is 303 g/mol. The molecule has 110 valence electrons. The molecule has 1 aliphatic rings. The lowest BCUT2D eigenvalue weighted by molar-refractivity contribution is 0.515. The summed E-state index contributed by atoms with van der Waals surface area (Å²) in [7, 11) is 0. The topological polar surface area (TPSA) is 80.6 Å². The van der Waals surface area contributed by atoms with Gasteiger partial charge in [-0.05, 0) is 49.9 Å². The first-order valence-electron chi connectivity index (χ1n) is 7.07. The molecule has 0 saturated heterocycles. The van der Waals surface area contributed by atoms with Crippen LogP contribution in [0.4, 0.5) is 0 Å². The molecule has 2 unspecified atom stereocenters. The Bertz CT molecular complexity index is 718. The highest BCUT2D eigenvalue weighted by Gasteiger charge is 2.28. The second-order valence-electron chi connectivity index (χ2n) is 5.50. The number of nitrogens with one attached hydrogen (secondary N) is 1. The van der Waals surface area contributed by atoms with Crippen molar-refractivity contribution in [3.63, 3.8) is 0 Å². The summed E-state index contributed by atoms with van der Waals surface area (Å²) in [5.74, 6) is 1.04. The van der Waals surface area contributed by atoms with Crippen LogP contribution in [0.25, 0.3) is 11.0 Å². The lowest BCUT2D eigenvalue weighted by Crippen LogP contribution is -2.08. The Balaban J connectivity index is 1.94. The third-order valence-electron chi connectivity index (χ3n) is 4.27. The van der Waals surface area contributed by atoms with Crippen LogP contribution in [0.15, 0.2) is 24.0 Å². The van der Waals surface area contributed by atoms with Crippen molar-refractivity contribution in [3.8, 4) is 0 Å². The lowest BCUT2D eigenvalue weighted by Gasteiger charge is -2.14. The first-order chi connectivity index (χ1) is 10.1. The molecule has 0 radical (unpaired) electrons. The molecule has 0 bridgehead atoms. The van der Waals surface area contributed by atoms with Crippen molar-refractivity contribution in [2.24, 2.45) is 11.7 Å². The van der Waals surface area contributed by atoms with Gasteiger partial charge in [-0.1, -0.05) is 11.6 Å². The molecule has 3 N–H and O–H groups in total. The zero-order chi connectivity index (χ0) is 15.0. The number of rotatable bonds is 3. The zero-order valence-electron chi connectivity index (χ0n) is 11.9. The Kier molecular flexibility index (Phi) is 3.68. The van der Waals surface area contributed by atoms with Crippen LogP contribution in [-0.4, -0.2) is 20.7 Å². The summed E-state index contributed by atoms with van der Waals surface area (Å²) in [6.45, 7) is 1.85. The molecule has 1 aliphatic carbocycles. The summed E-state index contributed by atoms with van der Waals surface area (Å²) < 4.78 is 2.19. The van der Waals surface area contributed by atoms with Crippen molar-refractivity contribution in [2.75, 3.05) is 0 Å². The fourth-order valence-electron chi connectivity index (χ4n) is 3.21. The highest BCUT2D eigenvalue weighted by atomic mass is 35.5. The maximum atomic E-state index is 7.43. The van der Waals surface area contributed by atoms with Gasteiger partial charge in [0, 0.05) is 18.5 Å². The summed E-state index contributed by atoms with van der Waals surface area (Å²) in [4.78, 5) is 8.73. The average molecular weight is 304 g/mol. The molecule has 1 fully saturated rings. The van der Waals surface area contributed by atoms with E-state index >= 15 is 0 Å². The van der Waals surface area contributed by atoms with E-state index in [1.807, 2.05) is 19.2 Å². The maximum absolute atomic E-state index is 7.43. The van der Waals surface area contributed by atoms with E-state index in [1.54, 1.807) is 6.20 Å². The molecule has 0 spiro atoms. The largest absolute Gasteiger partial charge is 0.404 e. The first-order valence-corrected chi connectivity index (χ1v) is 7.44. The van der Waals surface area contributed by atoms with E-state index < -0.39 is 0 Å². The van der Waals surface area contributed by atoms with Gasteiger partial charge in [0.1, 0.15) is 16.6 Å². The molecule has 1 saturated carbocycles. The smallest absolute Gasteiger partial charge is 0.145 e. The van der Waals surface area contributed by atoms with Crippen LogP contribution in [0.2, 0.25) is 5.15 Å². The minimum Gasteiger partial charge on any atom is -0.404 e. The Hall–Kier alpha value is -1.88. The van der Waals surface area contributed by atoms with Gasteiger partial charge in [-0.25, -0.2) is 9.97 Å².